The Bertz CT molecular complexity index is 429. The lowest BCUT2D eigenvalue weighted by atomic mass is 9.85. The summed E-state index contributed by atoms with van der Waals surface area (Å²) in [5.41, 5.74) is 4.16. The number of aryl methyl sites for hydroxylation is 3. The molecule has 0 atom stereocenters. The van der Waals surface area contributed by atoms with E-state index in [9.17, 15) is 0 Å². The number of hydrogen-bond donors (Lipinski definition) is 1. The van der Waals surface area contributed by atoms with Gasteiger partial charge in [-0.05, 0) is 54.9 Å². The third-order valence-electron chi connectivity index (χ3n) is 3.77. The topological polar surface area (TPSA) is 21.3 Å². The zero-order chi connectivity index (χ0) is 15.2. The largest absolute Gasteiger partial charge is 0.383 e. The number of methoxy groups -OCH3 is 1. The zero-order valence-electron chi connectivity index (χ0n) is 13.5. The second-order valence-corrected chi connectivity index (χ2v) is 6.77. The van der Waals surface area contributed by atoms with E-state index in [2.05, 4.69) is 45.1 Å². The molecule has 0 amide bonds. The fourth-order valence-electron chi connectivity index (χ4n) is 2.27. The summed E-state index contributed by atoms with van der Waals surface area (Å²) >= 11 is 6.15. The summed E-state index contributed by atoms with van der Waals surface area (Å²) in [6.45, 7) is 11.5. The summed E-state index contributed by atoms with van der Waals surface area (Å²) in [5.74, 6) is 0. The maximum atomic E-state index is 6.15. The molecular weight excluding hydrogens is 270 g/mol. The highest BCUT2D eigenvalue weighted by atomic mass is 35.5. The molecule has 0 saturated carbocycles. The van der Waals surface area contributed by atoms with Gasteiger partial charge in [0.15, 0.2) is 0 Å². The highest BCUT2D eigenvalue weighted by Gasteiger charge is 2.17. The molecule has 1 N–H and O–H groups in total. The molecule has 0 bridgehead atoms. The van der Waals surface area contributed by atoms with Crippen LogP contribution in [0.1, 0.15) is 37.0 Å². The van der Waals surface area contributed by atoms with E-state index in [1.54, 1.807) is 7.11 Å². The molecule has 0 saturated heterocycles. The van der Waals surface area contributed by atoms with Crippen LogP contribution in [0.25, 0.3) is 0 Å². The van der Waals surface area contributed by atoms with Crippen LogP contribution in [-0.2, 0) is 11.2 Å². The maximum absolute atomic E-state index is 6.15. The van der Waals surface area contributed by atoms with Crippen LogP contribution in [0.5, 0.6) is 0 Å². The molecule has 1 aromatic rings. The quantitative estimate of drug-likeness (QED) is 0.728. The van der Waals surface area contributed by atoms with Crippen LogP contribution in [0.2, 0.25) is 5.02 Å². The Morgan fingerprint density at radius 2 is 1.90 bits per heavy atom. The van der Waals surface area contributed by atoms with Crippen LogP contribution in [0, 0.1) is 19.3 Å². The number of benzene rings is 1. The molecule has 1 rings (SSSR count). The molecule has 0 radical (unpaired) electrons. The van der Waals surface area contributed by atoms with Crippen LogP contribution in [0.3, 0.4) is 0 Å². The number of rotatable bonds is 8. The first-order valence-corrected chi connectivity index (χ1v) is 7.69. The lowest BCUT2D eigenvalue weighted by Gasteiger charge is -2.25. The van der Waals surface area contributed by atoms with Gasteiger partial charge in [-0.15, -0.1) is 0 Å². The first-order valence-electron chi connectivity index (χ1n) is 7.31. The van der Waals surface area contributed by atoms with E-state index < -0.39 is 0 Å². The molecule has 114 valence electrons. The van der Waals surface area contributed by atoms with Gasteiger partial charge in [-0.3, -0.25) is 0 Å². The average Bonchev–Trinajstić information content (AvgIpc) is 2.37. The van der Waals surface area contributed by atoms with Crippen LogP contribution >= 0.6 is 11.6 Å². The van der Waals surface area contributed by atoms with E-state index in [0.717, 1.165) is 37.6 Å². The van der Waals surface area contributed by atoms with Crippen molar-refractivity contribution >= 4 is 11.6 Å². The van der Waals surface area contributed by atoms with E-state index in [1.165, 1.54) is 16.7 Å². The van der Waals surface area contributed by atoms with Crippen molar-refractivity contribution < 1.29 is 4.74 Å². The Balaban J connectivity index is 2.51. The molecular formula is C17H28ClNO. The third kappa shape index (κ3) is 5.82. The van der Waals surface area contributed by atoms with Gasteiger partial charge in [0.2, 0.25) is 0 Å². The normalized spacial score (nSPS) is 11.9. The number of ether oxygens (including phenoxy) is 1. The predicted molar refractivity (Wildman–Crippen MR) is 87.8 cm³/mol. The SMILES string of the molecule is COCCNCC(C)(C)CCc1cc(C)c(Cl)cc1C. The Kier molecular flexibility index (Phi) is 7.01. The Morgan fingerprint density at radius 1 is 1.20 bits per heavy atom. The predicted octanol–water partition coefficient (Wildman–Crippen LogP) is 4.15. The van der Waals surface area contributed by atoms with Gasteiger partial charge in [0.1, 0.15) is 0 Å². The molecule has 0 spiro atoms. The third-order valence-corrected chi connectivity index (χ3v) is 4.18. The minimum absolute atomic E-state index is 0.285. The van der Waals surface area contributed by atoms with Crippen molar-refractivity contribution in [1.82, 2.24) is 5.32 Å². The second-order valence-electron chi connectivity index (χ2n) is 6.36. The lowest BCUT2D eigenvalue weighted by Crippen LogP contribution is -2.32. The number of hydrogen-bond acceptors (Lipinski definition) is 2. The first kappa shape index (κ1) is 17.5. The summed E-state index contributed by atoms with van der Waals surface area (Å²) in [4.78, 5) is 0. The molecule has 0 aliphatic heterocycles. The first-order chi connectivity index (χ1) is 9.35. The molecule has 0 heterocycles. The van der Waals surface area contributed by atoms with Gasteiger partial charge < -0.3 is 10.1 Å². The van der Waals surface area contributed by atoms with Gasteiger partial charge in [0.25, 0.3) is 0 Å². The second kappa shape index (κ2) is 8.02. The summed E-state index contributed by atoms with van der Waals surface area (Å²) in [5, 5.41) is 4.32. The lowest BCUT2D eigenvalue weighted by molar-refractivity contribution is 0.193. The molecule has 0 aliphatic rings. The van der Waals surface area contributed by atoms with Crippen molar-refractivity contribution in [2.45, 2.75) is 40.5 Å². The van der Waals surface area contributed by atoms with Gasteiger partial charge >= 0.3 is 0 Å². The van der Waals surface area contributed by atoms with Crippen LogP contribution in [-0.4, -0.2) is 26.8 Å². The van der Waals surface area contributed by atoms with Crippen LogP contribution < -0.4 is 5.32 Å². The fraction of sp³-hybridized carbons (Fsp3) is 0.647. The average molecular weight is 298 g/mol. The summed E-state index contributed by atoms with van der Waals surface area (Å²) in [7, 11) is 1.73. The van der Waals surface area contributed by atoms with Crippen molar-refractivity contribution in [2.75, 3.05) is 26.8 Å². The number of halogens is 1. The highest BCUT2D eigenvalue weighted by molar-refractivity contribution is 6.31. The van der Waals surface area contributed by atoms with Crippen LogP contribution in [0.4, 0.5) is 0 Å². The standard InChI is InChI=1S/C17H28ClNO/c1-13-11-16(18)14(2)10-15(13)6-7-17(3,4)12-19-8-9-20-5/h10-11,19H,6-9,12H2,1-5H3. The van der Waals surface area contributed by atoms with Crippen molar-refractivity contribution in [1.29, 1.82) is 0 Å². The highest BCUT2D eigenvalue weighted by Crippen LogP contribution is 2.26. The minimum atomic E-state index is 0.285. The molecule has 0 aliphatic carbocycles. The smallest absolute Gasteiger partial charge is 0.0587 e. The van der Waals surface area contributed by atoms with E-state index >= 15 is 0 Å². The monoisotopic (exact) mass is 297 g/mol. The maximum Gasteiger partial charge on any atom is 0.0587 e. The summed E-state index contributed by atoms with van der Waals surface area (Å²) in [6.07, 6.45) is 2.26. The van der Waals surface area contributed by atoms with E-state index in [4.69, 9.17) is 16.3 Å². The van der Waals surface area contributed by atoms with Gasteiger partial charge in [0.05, 0.1) is 6.61 Å². The fourth-order valence-corrected chi connectivity index (χ4v) is 2.49. The Labute approximate surface area is 128 Å². The van der Waals surface area contributed by atoms with Crippen molar-refractivity contribution in [2.24, 2.45) is 5.41 Å². The minimum Gasteiger partial charge on any atom is -0.383 e. The molecule has 2 nitrogen and oxygen atoms in total. The molecule has 0 aromatic heterocycles. The Hall–Kier alpha value is -0.570. The molecule has 20 heavy (non-hydrogen) atoms. The van der Waals surface area contributed by atoms with Gasteiger partial charge in [-0.2, -0.15) is 0 Å². The van der Waals surface area contributed by atoms with Crippen molar-refractivity contribution in [3.63, 3.8) is 0 Å². The molecule has 0 unspecified atom stereocenters. The van der Waals surface area contributed by atoms with Gasteiger partial charge in [-0.25, -0.2) is 0 Å². The van der Waals surface area contributed by atoms with Gasteiger partial charge in [0, 0.05) is 25.2 Å². The van der Waals surface area contributed by atoms with Crippen molar-refractivity contribution in [3.05, 3.63) is 33.8 Å². The van der Waals surface area contributed by atoms with Crippen LogP contribution in [0.15, 0.2) is 12.1 Å². The van der Waals surface area contributed by atoms with E-state index in [1.807, 2.05) is 0 Å². The summed E-state index contributed by atoms with van der Waals surface area (Å²) < 4.78 is 5.05. The van der Waals surface area contributed by atoms with E-state index in [0.29, 0.717) is 0 Å². The van der Waals surface area contributed by atoms with Gasteiger partial charge in [-0.1, -0.05) is 31.5 Å². The Morgan fingerprint density at radius 3 is 2.55 bits per heavy atom. The molecule has 1 aromatic carbocycles. The zero-order valence-corrected chi connectivity index (χ0v) is 14.2. The summed E-state index contributed by atoms with van der Waals surface area (Å²) in [6, 6.07) is 4.31. The number of nitrogens with one attached hydrogen (secondary N) is 1. The molecule has 0 fully saturated rings. The molecule has 3 heteroatoms. The van der Waals surface area contributed by atoms with Crippen molar-refractivity contribution in [3.8, 4) is 0 Å². The van der Waals surface area contributed by atoms with E-state index in [-0.39, 0.29) is 5.41 Å².